The molecule has 4 aromatic rings. The number of para-hydroxylation sites is 1. The van der Waals surface area contributed by atoms with Gasteiger partial charge in [0.2, 0.25) is 17.7 Å². The maximum absolute atomic E-state index is 13.8. The van der Waals surface area contributed by atoms with Gasteiger partial charge in [0.05, 0.1) is 6.04 Å². The summed E-state index contributed by atoms with van der Waals surface area (Å²) < 4.78 is 0. The largest absolute Gasteiger partial charge is 0.480 e. The molecule has 1 aromatic heterocycles. The number of aromatic nitrogens is 1. The van der Waals surface area contributed by atoms with E-state index in [4.69, 9.17) is 11.5 Å². The van der Waals surface area contributed by atoms with Crippen LogP contribution >= 0.6 is 0 Å². The van der Waals surface area contributed by atoms with Crippen LogP contribution in [0.1, 0.15) is 36.0 Å². The lowest BCUT2D eigenvalue weighted by molar-refractivity contribution is -0.142. The third-order valence-electron chi connectivity index (χ3n) is 7.84. The summed E-state index contributed by atoms with van der Waals surface area (Å²) in [7, 11) is 0. The van der Waals surface area contributed by atoms with Gasteiger partial charge in [-0.2, -0.15) is 0 Å². The summed E-state index contributed by atoms with van der Waals surface area (Å²) in [6, 6.07) is 21.6. The molecule has 46 heavy (non-hydrogen) atoms. The fourth-order valence-electron chi connectivity index (χ4n) is 5.32. The first-order valence-electron chi connectivity index (χ1n) is 15.5. The lowest BCUT2D eigenvalue weighted by Crippen LogP contribution is -2.58. The van der Waals surface area contributed by atoms with E-state index in [1.54, 1.807) is 24.3 Å². The van der Waals surface area contributed by atoms with Crippen LogP contribution in [0.3, 0.4) is 0 Å². The maximum atomic E-state index is 13.8. The van der Waals surface area contributed by atoms with Crippen LogP contribution in [-0.4, -0.2) is 64.5 Å². The van der Waals surface area contributed by atoms with Gasteiger partial charge in [-0.3, -0.25) is 14.4 Å². The third-order valence-corrected chi connectivity index (χ3v) is 7.84. The zero-order valence-corrected chi connectivity index (χ0v) is 25.7. The Bertz CT molecular complexity index is 1590. The van der Waals surface area contributed by atoms with Crippen LogP contribution in [-0.2, 0) is 38.4 Å². The number of nitrogens with two attached hydrogens (primary N) is 2. The van der Waals surface area contributed by atoms with Crippen LogP contribution < -0.4 is 27.4 Å². The molecule has 0 aliphatic heterocycles. The molecule has 0 aliphatic carbocycles. The second-order valence-electron chi connectivity index (χ2n) is 11.4. The van der Waals surface area contributed by atoms with Crippen LogP contribution in [0.5, 0.6) is 0 Å². The minimum absolute atomic E-state index is 0.0758. The van der Waals surface area contributed by atoms with Crippen LogP contribution in [0.15, 0.2) is 91.1 Å². The van der Waals surface area contributed by atoms with Gasteiger partial charge in [0.1, 0.15) is 18.1 Å². The minimum atomic E-state index is -1.20. The Labute approximate surface area is 268 Å². The Kier molecular flexibility index (Phi) is 12.4. The monoisotopic (exact) mass is 626 g/mol. The van der Waals surface area contributed by atoms with Crippen molar-refractivity contribution < 1.29 is 24.3 Å². The fraction of sp³-hybridized carbons (Fsp3) is 0.314. The highest BCUT2D eigenvalue weighted by Gasteiger charge is 2.30. The van der Waals surface area contributed by atoms with Crippen LogP contribution in [0.4, 0.5) is 0 Å². The number of benzene rings is 3. The number of hydrogen-bond donors (Lipinski definition) is 7. The molecule has 3 aromatic carbocycles. The number of carboxylic acid groups (broad SMARTS) is 1. The van der Waals surface area contributed by atoms with E-state index in [9.17, 15) is 24.3 Å². The number of nitrogens with one attached hydrogen (secondary N) is 4. The zero-order valence-electron chi connectivity index (χ0n) is 25.7. The van der Waals surface area contributed by atoms with E-state index in [2.05, 4.69) is 20.9 Å². The van der Waals surface area contributed by atoms with Gasteiger partial charge < -0.3 is 37.5 Å². The highest BCUT2D eigenvalue weighted by Crippen LogP contribution is 2.19. The maximum Gasteiger partial charge on any atom is 0.326 e. The molecule has 1 heterocycles. The molecule has 0 saturated carbocycles. The van der Waals surface area contributed by atoms with Gasteiger partial charge >= 0.3 is 5.97 Å². The SMILES string of the molecule is NCCCCC(NC(=O)C(Cc1ccccc1)NC(=O)C(N)Cc1c[nH]c2ccccc12)C(=O)NC(Cc1ccccc1)C(=O)O. The standard InChI is InChI=1S/C35H42N6O5/c36-18-10-9-17-29(33(43)41-31(35(45)46)20-24-13-5-2-6-14-24)39-34(44)30(19-23-11-3-1-4-12-23)40-32(42)27(37)21-25-22-38-28-16-8-7-15-26(25)28/h1-8,11-16,22,27,29-31,38H,9-10,17-21,36-37H2,(H,39,44)(H,40,42)(H,41,43)(H,45,46). The number of aliphatic carboxylic acids is 1. The molecular weight excluding hydrogens is 584 g/mol. The molecule has 0 bridgehead atoms. The molecule has 9 N–H and O–H groups in total. The summed E-state index contributed by atoms with van der Waals surface area (Å²) in [5, 5.41) is 19.0. The summed E-state index contributed by atoms with van der Waals surface area (Å²) in [5.41, 5.74) is 15.3. The lowest BCUT2D eigenvalue weighted by atomic mass is 10.0. The van der Waals surface area contributed by atoms with Crippen molar-refractivity contribution in [1.29, 1.82) is 0 Å². The molecule has 4 rings (SSSR count). The number of H-pyrrole nitrogens is 1. The van der Waals surface area contributed by atoms with E-state index in [-0.39, 0.29) is 25.7 Å². The van der Waals surface area contributed by atoms with Crippen molar-refractivity contribution in [3.8, 4) is 0 Å². The second kappa shape index (κ2) is 16.9. The molecule has 0 aliphatic rings. The average Bonchev–Trinajstić information content (AvgIpc) is 3.47. The summed E-state index contributed by atoms with van der Waals surface area (Å²) in [6.45, 7) is 0.398. The number of aromatic amines is 1. The molecule has 0 fully saturated rings. The van der Waals surface area contributed by atoms with E-state index in [0.29, 0.717) is 19.4 Å². The fourth-order valence-corrected chi connectivity index (χ4v) is 5.32. The topological polar surface area (TPSA) is 192 Å². The Morgan fingerprint density at radius 3 is 1.85 bits per heavy atom. The summed E-state index contributed by atoms with van der Waals surface area (Å²) in [4.78, 5) is 55.8. The molecule has 0 spiro atoms. The molecule has 242 valence electrons. The summed E-state index contributed by atoms with van der Waals surface area (Å²) in [6.07, 6.45) is 3.66. The van der Waals surface area contributed by atoms with Gasteiger partial charge in [0, 0.05) is 29.9 Å². The van der Waals surface area contributed by atoms with Crippen molar-refractivity contribution in [2.24, 2.45) is 11.5 Å². The van der Waals surface area contributed by atoms with Gasteiger partial charge in [-0.15, -0.1) is 0 Å². The Morgan fingerprint density at radius 2 is 1.22 bits per heavy atom. The number of carbonyl (C=O) groups excluding carboxylic acids is 3. The first kappa shape index (κ1) is 33.9. The number of carboxylic acids is 1. The first-order chi connectivity index (χ1) is 22.2. The van der Waals surface area contributed by atoms with E-state index >= 15 is 0 Å². The Morgan fingerprint density at radius 1 is 0.674 bits per heavy atom. The number of carbonyl (C=O) groups is 4. The van der Waals surface area contributed by atoms with Crippen molar-refractivity contribution in [1.82, 2.24) is 20.9 Å². The number of amides is 3. The van der Waals surface area contributed by atoms with Gasteiger partial charge in [0.15, 0.2) is 0 Å². The Balaban J connectivity index is 1.49. The second-order valence-corrected chi connectivity index (χ2v) is 11.4. The predicted molar refractivity (Wildman–Crippen MR) is 177 cm³/mol. The number of unbranched alkanes of at least 4 members (excludes halogenated alkanes) is 1. The average molecular weight is 627 g/mol. The van der Waals surface area contributed by atoms with E-state index in [1.165, 1.54) is 0 Å². The van der Waals surface area contributed by atoms with Crippen LogP contribution in [0.2, 0.25) is 0 Å². The van der Waals surface area contributed by atoms with Crippen molar-refractivity contribution in [2.75, 3.05) is 6.54 Å². The minimum Gasteiger partial charge on any atom is -0.480 e. The van der Waals surface area contributed by atoms with Crippen molar-refractivity contribution in [3.63, 3.8) is 0 Å². The molecule has 0 radical (unpaired) electrons. The van der Waals surface area contributed by atoms with Gasteiger partial charge in [-0.1, -0.05) is 78.9 Å². The number of hydrogen-bond acceptors (Lipinski definition) is 6. The molecule has 4 unspecified atom stereocenters. The van der Waals surface area contributed by atoms with Crippen molar-refractivity contribution in [3.05, 3.63) is 108 Å². The molecule has 3 amide bonds. The molecule has 11 nitrogen and oxygen atoms in total. The van der Waals surface area contributed by atoms with Crippen molar-refractivity contribution in [2.45, 2.75) is 62.7 Å². The Hall–Kier alpha value is -5.00. The summed E-state index contributed by atoms with van der Waals surface area (Å²) in [5.74, 6) is -2.92. The van der Waals surface area contributed by atoms with E-state index in [0.717, 1.165) is 27.6 Å². The predicted octanol–water partition coefficient (Wildman–Crippen LogP) is 2.19. The third kappa shape index (κ3) is 9.75. The van der Waals surface area contributed by atoms with Gasteiger partial charge in [0.25, 0.3) is 0 Å². The quantitative estimate of drug-likeness (QED) is 0.0873. The van der Waals surface area contributed by atoms with Crippen LogP contribution in [0, 0.1) is 0 Å². The summed E-state index contributed by atoms with van der Waals surface area (Å²) >= 11 is 0. The highest BCUT2D eigenvalue weighted by molar-refractivity contribution is 5.94. The van der Waals surface area contributed by atoms with Crippen molar-refractivity contribution >= 4 is 34.6 Å². The molecule has 4 atom stereocenters. The smallest absolute Gasteiger partial charge is 0.326 e. The van der Waals surface area contributed by atoms with E-state index < -0.39 is 47.9 Å². The number of fused-ring (bicyclic) bond motifs is 1. The van der Waals surface area contributed by atoms with E-state index in [1.807, 2.05) is 66.9 Å². The highest BCUT2D eigenvalue weighted by atomic mass is 16.4. The van der Waals surface area contributed by atoms with Crippen LogP contribution in [0.25, 0.3) is 10.9 Å². The first-order valence-corrected chi connectivity index (χ1v) is 15.5. The van der Waals surface area contributed by atoms with Gasteiger partial charge in [-0.25, -0.2) is 4.79 Å². The molecular formula is C35H42N6O5. The molecule has 11 heteroatoms. The van der Waals surface area contributed by atoms with Gasteiger partial charge in [-0.05, 0) is 55.0 Å². The molecule has 0 saturated heterocycles. The zero-order chi connectivity index (χ0) is 32.9. The normalized spacial score (nSPS) is 13.7. The lowest BCUT2D eigenvalue weighted by Gasteiger charge is -2.25. The number of rotatable bonds is 17.